The highest BCUT2D eigenvalue weighted by Gasteiger charge is 2.27. The van der Waals surface area contributed by atoms with E-state index in [0.717, 1.165) is 35.9 Å². The van der Waals surface area contributed by atoms with Gasteiger partial charge in [-0.2, -0.15) is 5.10 Å². The molecule has 1 aliphatic rings. The minimum absolute atomic E-state index is 0.261. The summed E-state index contributed by atoms with van der Waals surface area (Å²) in [6.45, 7) is 5.73. The Hall–Kier alpha value is -0.250. The highest BCUT2D eigenvalue weighted by molar-refractivity contribution is 6.31. The zero-order valence-electron chi connectivity index (χ0n) is 12.0. The van der Waals surface area contributed by atoms with Crippen LogP contribution in [0.4, 0.5) is 0 Å². The Morgan fingerprint density at radius 2 is 2.05 bits per heavy atom. The molecule has 0 saturated heterocycles. The highest BCUT2D eigenvalue weighted by Crippen LogP contribution is 2.29. The van der Waals surface area contributed by atoms with Gasteiger partial charge < -0.3 is 0 Å². The van der Waals surface area contributed by atoms with Crippen molar-refractivity contribution < 1.29 is 0 Å². The van der Waals surface area contributed by atoms with Gasteiger partial charge in [-0.05, 0) is 33.7 Å². The van der Waals surface area contributed by atoms with E-state index in [-0.39, 0.29) is 5.38 Å². The van der Waals surface area contributed by atoms with Crippen molar-refractivity contribution >= 4 is 23.2 Å². The molecule has 0 aromatic carbocycles. The Bertz CT molecular complexity index is 431. The molecule has 1 saturated carbocycles. The first-order valence-electron chi connectivity index (χ1n) is 7.10. The zero-order chi connectivity index (χ0) is 14.0. The van der Waals surface area contributed by atoms with Gasteiger partial charge in [-0.3, -0.25) is 9.58 Å². The lowest BCUT2D eigenvalue weighted by molar-refractivity contribution is 0.184. The van der Waals surface area contributed by atoms with Crippen molar-refractivity contribution in [2.45, 2.75) is 64.0 Å². The monoisotopic (exact) mass is 303 g/mol. The molecule has 1 aromatic heterocycles. The number of aromatic nitrogens is 2. The van der Waals surface area contributed by atoms with Gasteiger partial charge in [0.05, 0.1) is 16.4 Å². The van der Waals surface area contributed by atoms with Crippen molar-refractivity contribution in [2.75, 3.05) is 7.05 Å². The normalized spacial score (nSPS) is 24.1. The number of hydrogen-bond donors (Lipinski definition) is 0. The number of nitrogens with zero attached hydrogens (tertiary/aromatic N) is 3. The lowest BCUT2D eigenvalue weighted by Crippen LogP contribution is -2.40. The van der Waals surface area contributed by atoms with Crippen molar-refractivity contribution in [3.63, 3.8) is 0 Å². The van der Waals surface area contributed by atoms with Gasteiger partial charge in [0.2, 0.25) is 0 Å². The van der Waals surface area contributed by atoms with E-state index in [1.54, 1.807) is 0 Å². The summed E-state index contributed by atoms with van der Waals surface area (Å²) in [6.07, 6.45) is 4.83. The van der Waals surface area contributed by atoms with Gasteiger partial charge in [0.15, 0.2) is 0 Å². The Balaban J connectivity index is 2.11. The number of hydrogen-bond acceptors (Lipinski definition) is 2. The summed E-state index contributed by atoms with van der Waals surface area (Å²) in [7, 11) is 2.14. The standard InChI is InChI=1S/C14H23Cl2N3/c1-4-19-13(14(16)10(2)17-19)9-18(3)12-8-6-5-7-11(12)15/h11-12H,4-9H2,1-3H3. The number of aryl methyl sites for hydroxylation is 2. The van der Waals surface area contributed by atoms with E-state index in [0.29, 0.717) is 6.04 Å². The molecule has 0 amide bonds. The first-order valence-corrected chi connectivity index (χ1v) is 7.92. The van der Waals surface area contributed by atoms with Crippen LogP contribution < -0.4 is 0 Å². The van der Waals surface area contributed by atoms with Gasteiger partial charge in [-0.25, -0.2) is 0 Å². The molecule has 0 aliphatic heterocycles. The van der Waals surface area contributed by atoms with Crippen LogP contribution in [0.3, 0.4) is 0 Å². The van der Waals surface area contributed by atoms with E-state index < -0.39 is 0 Å². The number of alkyl halides is 1. The van der Waals surface area contributed by atoms with Gasteiger partial charge in [0.25, 0.3) is 0 Å². The predicted molar refractivity (Wildman–Crippen MR) is 81.0 cm³/mol. The van der Waals surface area contributed by atoms with Gasteiger partial charge in [-0.15, -0.1) is 11.6 Å². The largest absolute Gasteiger partial charge is 0.296 e. The van der Waals surface area contributed by atoms with Crippen molar-refractivity contribution in [1.29, 1.82) is 0 Å². The smallest absolute Gasteiger partial charge is 0.0860 e. The summed E-state index contributed by atoms with van der Waals surface area (Å²) in [5, 5.41) is 5.53. The summed E-state index contributed by atoms with van der Waals surface area (Å²) in [5.41, 5.74) is 2.02. The number of halogens is 2. The molecule has 5 heteroatoms. The van der Waals surface area contributed by atoms with Gasteiger partial charge in [0.1, 0.15) is 0 Å². The second-order valence-corrected chi connectivity index (χ2v) is 6.38. The molecule has 1 fully saturated rings. The molecule has 1 heterocycles. The summed E-state index contributed by atoms with van der Waals surface area (Å²) in [4.78, 5) is 2.34. The van der Waals surface area contributed by atoms with E-state index >= 15 is 0 Å². The van der Waals surface area contributed by atoms with Crippen LogP contribution >= 0.6 is 23.2 Å². The lowest BCUT2D eigenvalue weighted by Gasteiger charge is -2.35. The second-order valence-electron chi connectivity index (χ2n) is 5.44. The van der Waals surface area contributed by atoms with Crippen molar-refractivity contribution in [3.05, 3.63) is 16.4 Å². The molecule has 2 rings (SSSR count). The van der Waals surface area contributed by atoms with Crippen LogP contribution in [0.15, 0.2) is 0 Å². The molecule has 19 heavy (non-hydrogen) atoms. The summed E-state index contributed by atoms with van der Waals surface area (Å²) < 4.78 is 2.00. The van der Waals surface area contributed by atoms with Crippen LogP contribution in [-0.2, 0) is 13.1 Å². The summed E-state index contributed by atoms with van der Waals surface area (Å²) in [5.74, 6) is 0. The van der Waals surface area contributed by atoms with Crippen LogP contribution in [0.5, 0.6) is 0 Å². The maximum absolute atomic E-state index is 6.47. The van der Waals surface area contributed by atoms with E-state index in [1.807, 2.05) is 11.6 Å². The van der Waals surface area contributed by atoms with Gasteiger partial charge >= 0.3 is 0 Å². The topological polar surface area (TPSA) is 21.1 Å². The molecule has 108 valence electrons. The van der Waals surface area contributed by atoms with E-state index in [9.17, 15) is 0 Å². The molecule has 3 nitrogen and oxygen atoms in total. The Morgan fingerprint density at radius 3 is 2.68 bits per heavy atom. The molecule has 0 N–H and O–H groups in total. The molecule has 2 unspecified atom stereocenters. The fourth-order valence-corrected chi connectivity index (χ4v) is 3.60. The van der Waals surface area contributed by atoms with E-state index in [1.165, 1.54) is 19.3 Å². The minimum Gasteiger partial charge on any atom is -0.296 e. The highest BCUT2D eigenvalue weighted by atomic mass is 35.5. The van der Waals surface area contributed by atoms with Crippen molar-refractivity contribution in [1.82, 2.24) is 14.7 Å². The molecule has 0 spiro atoms. The maximum atomic E-state index is 6.47. The molecular weight excluding hydrogens is 281 g/mol. The fraction of sp³-hybridized carbons (Fsp3) is 0.786. The Kier molecular flexibility index (Phi) is 5.15. The fourth-order valence-electron chi connectivity index (χ4n) is 2.94. The molecule has 0 bridgehead atoms. The minimum atomic E-state index is 0.261. The molecule has 2 atom stereocenters. The molecule has 0 radical (unpaired) electrons. The van der Waals surface area contributed by atoms with E-state index in [2.05, 4.69) is 24.0 Å². The van der Waals surface area contributed by atoms with Crippen LogP contribution in [0, 0.1) is 6.92 Å². The first-order chi connectivity index (χ1) is 9.04. The van der Waals surface area contributed by atoms with Crippen LogP contribution in [0.25, 0.3) is 0 Å². The third kappa shape index (κ3) is 3.26. The third-order valence-electron chi connectivity index (χ3n) is 4.07. The second kappa shape index (κ2) is 6.47. The van der Waals surface area contributed by atoms with Crippen LogP contribution in [0.2, 0.25) is 5.02 Å². The number of rotatable bonds is 4. The molecular formula is C14H23Cl2N3. The predicted octanol–water partition coefficient (Wildman–Crippen LogP) is 3.85. The lowest BCUT2D eigenvalue weighted by atomic mass is 9.94. The van der Waals surface area contributed by atoms with Crippen molar-refractivity contribution in [3.8, 4) is 0 Å². The molecule has 1 aromatic rings. The maximum Gasteiger partial charge on any atom is 0.0860 e. The van der Waals surface area contributed by atoms with Gasteiger partial charge in [-0.1, -0.05) is 24.4 Å². The Morgan fingerprint density at radius 1 is 1.37 bits per heavy atom. The first kappa shape index (κ1) is 15.1. The SMILES string of the molecule is CCn1nc(C)c(Cl)c1CN(C)C1CCCCC1Cl. The molecule has 1 aliphatic carbocycles. The summed E-state index contributed by atoms with van der Waals surface area (Å²) >= 11 is 12.8. The Labute approximate surface area is 125 Å². The van der Waals surface area contributed by atoms with Crippen molar-refractivity contribution in [2.24, 2.45) is 0 Å². The average molecular weight is 304 g/mol. The summed E-state index contributed by atoms with van der Waals surface area (Å²) in [6, 6.07) is 0.451. The van der Waals surface area contributed by atoms with E-state index in [4.69, 9.17) is 23.2 Å². The van der Waals surface area contributed by atoms with Crippen LogP contribution in [0.1, 0.15) is 44.0 Å². The zero-order valence-corrected chi connectivity index (χ0v) is 13.5. The average Bonchev–Trinajstić information content (AvgIpc) is 2.67. The third-order valence-corrected chi connectivity index (χ3v) is 5.07. The quantitative estimate of drug-likeness (QED) is 0.788. The van der Waals surface area contributed by atoms with Gasteiger partial charge in [0, 0.05) is 24.5 Å². The van der Waals surface area contributed by atoms with Crippen LogP contribution in [-0.4, -0.2) is 33.1 Å².